The number of rotatable bonds is 6. The van der Waals surface area contributed by atoms with Crippen LogP contribution in [0.4, 0.5) is 11.4 Å². The minimum absolute atomic E-state index is 0.0500. The fraction of sp³-hybridized carbons (Fsp3) is 0.310. The second-order valence-corrected chi connectivity index (χ2v) is 21.5. The molecule has 0 unspecified atom stereocenters. The van der Waals surface area contributed by atoms with E-state index in [1.165, 1.54) is 36.6 Å². The molecule has 6 aromatic rings. The molecule has 6 rings (SSSR count). The fourth-order valence-corrected chi connectivity index (χ4v) is 11.5. The first kappa shape index (κ1) is 33.8. The molecule has 0 aliphatic carbocycles. The number of thiophene rings is 1. The molecule has 0 bridgehead atoms. The van der Waals surface area contributed by atoms with Gasteiger partial charge in [0, 0.05) is 40.2 Å². The van der Waals surface area contributed by atoms with Crippen molar-refractivity contribution in [3.63, 3.8) is 0 Å². The molecule has 0 saturated heterocycles. The van der Waals surface area contributed by atoms with Gasteiger partial charge in [0.15, 0.2) is 0 Å². The summed E-state index contributed by atoms with van der Waals surface area (Å²) in [5.41, 5.74) is 12.6. The van der Waals surface area contributed by atoms with E-state index >= 15 is 0 Å². The first-order valence-corrected chi connectivity index (χ1v) is 20.6. The van der Waals surface area contributed by atoms with E-state index in [0.717, 1.165) is 39.4 Å². The molecule has 3 aromatic carbocycles. The van der Waals surface area contributed by atoms with Crippen LogP contribution >= 0.6 is 11.3 Å². The van der Waals surface area contributed by atoms with Crippen molar-refractivity contribution in [1.29, 1.82) is 0 Å². The number of aryl methyl sites for hydroxylation is 2. The van der Waals surface area contributed by atoms with E-state index in [1.807, 2.05) is 17.5 Å². The number of aromatic nitrogens is 3. The molecule has 0 amide bonds. The van der Waals surface area contributed by atoms with Crippen molar-refractivity contribution in [2.45, 2.75) is 79.3 Å². The first-order chi connectivity index (χ1) is 22.5. The zero-order valence-electron chi connectivity index (χ0n) is 30.4. The van der Waals surface area contributed by atoms with E-state index in [2.05, 4.69) is 159 Å². The zero-order valence-corrected chi connectivity index (χ0v) is 32.2. The molecule has 0 saturated carbocycles. The van der Waals surface area contributed by atoms with Gasteiger partial charge in [0.05, 0.1) is 21.6 Å². The fourth-order valence-electron chi connectivity index (χ4n) is 6.49. The normalized spacial score (nSPS) is 12.5. The highest BCUT2D eigenvalue weighted by Gasteiger charge is 2.32. The average Bonchev–Trinajstić information content (AvgIpc) is 3.40. The van der Waals surface area contributed by atoms with Gasteiger partial charge in [-0.1, -0.05) is 90.2 Å². The summed E-state index contributed by atoms with van der Waals surface area (Å²) in [4.78, 5) is 16.9. The lowest BCUT2D eigenvalue weighted by Gasteiger charge is -2.26. The minimum Gasteiger partial charge on any atom is -0.345 e. The summed E-state index contributed by atoms with van der Waals surface area (Å²) in [7, 11) is 0.230. The summed E-state index contributed by atoms with van der Waals surface area (Å²) in [6.07, 6.45) is 3.68. The van der Waals surface area contributed by atoms with Crippen LogP contribution in [0.5, 0.6) is 0 Å². The first-order valence-electron chi connectivity index (χ1n) is 16.8. The van der Waals surface area contributed by atoms with Crippen LogP contribution in [0.25, 0.3) is 32.7 Å². The second-order valence-electron chi connectivity index (χ2n) is 15.8. The Kier molecular flexibility index (Phi) is 8.72. The predicted molar refractivity (Wildman–Crippen MR) is 211 cm³/mol. The number of nitrogens with zero attached hydrogens (tertiary/aromatic N) is 4. The number of benzene rings is 3. The molecule has 4 nitrogen and oxygen atoms in total. The summed E-state index contributed by atoms with van der Waals surface area (Å²) in [5, 5.41) is 1.44. The third-order valence-electron chi connectivity index (χ3n) is 9.58. The van der Waals surface area contributed by atoms with Crippen molar-refractivity contribution in [2.24, 2.45) is 0 Å². The smallest absolute Gasteiger partial charge is 0.125 e. The molecule has 0 aliphatic heterocycles. The van der Waals surface area contributed by atoms with Gasteiger partial charge in [0.2, 0.25) is 0 Å². The Hall–Kier alpha value is -4.13. The maximum absolute atomic E-state index is 4.97. The molecule has 3 heterocycles. The summed E-state index contributed by atoms with van der Waals surface area (Å²) >= 11 is 1.89. The maximum atomic E-state index is 4.97. The van der Waals surface area contributed by atoms with Crippen LogP contribution in [0.2, 0.25) is 13.1 Å². The molecule has 0 fully saturated rings. The number of hydrogen-bond donors (Lipinski definition) is 0. The van der Waals surface area contributed by atoms with Crippen LogP contribution in [0.15, 0.2) is 91.4 Å². The van der Waals surface area contributed by atoms with Gasteiger partial charge in [0.1, 0.15) is 14.4 Å². The molecule has 3 aromatic heterocycles. The van der Waals surface area contributed by atoms with E-state index in [4.69, 9.17) is 15.0 Å². The number of anilines is 2. The summed E-state index contributed by atoms with van der Waals surface area (Å²) in [5.74, 6) is 0. The molecule has 6 heteroatoms. The van der Waals surface area contributed by atoms with Crippen LogP contribution in [0.1, 0.15) is 63.8 Å². The third-order valence-corrected chi connectivity index (χ3v) is 15.8. The Morgan fingerprint density at radius 3 is 2.04 bits per heavy atom. The molecule has 0 spiro atoms. The Balaban J connectivity index is 1.48. The summed E-state index contributed by atoms with van der Waals surface area (Å²) < 4.78 is 2.63. The Morgan fingerprint density at radius 1 is 0.688 bits per heavy atom. The van der Waals surface area contributed by atoms with E-state index in [0.29, 0.717) is 0 Å². The predicted octanol–water partition coefficient (Wildman–Crippen LogP) is 10.2. The highest BCUT2D eigenvalue weighted by Crippen LogP contribution is 2.39. The summed E-state index contributed by atoms with van der Waals surface area (Å²) in [6.45, 7) is 22.9. The van der Waals surface area contributed by atoms with Gasteiger partial charge in [-0.15, -0.1) is 11.3 Å². The lowest BCUT2D eigenvalue weighted by molar-refractivity contribution is 0.589. The van der Waals surface area contributed by atoms with Crippen LogP contribution in [-0.2, 0) is 10.8 Å². The molecular weight excluding hydrogens is 621 g/mol. The van der Waals surface area contributed by atoms with Crippen LogP contribution in [0.3, 0.4) is 0 Å². The standard InChI is InChI=1S/C42H48N4SSi/c1-27-19-29(36-25-31(17-18-43-36)41(3,4)5)22-33(20-27)46(9)34-23-30(21-32(24-34)42(6,7)8)38-39-37(44-26-45-38)28(2)40(47-39)48(10,11)35-15-13-12-14-16-35/h12-26H,1-11H3. The van der Waals surface area contributed by atoms with E-state index in [-0.39, 0.29) is 10.8 Å². The van der Waals surface area contributed by atoms with Crippen LogP contribution in [0, 0.1) is 13.8 Å². The lowest BCUT2D eigenvalue weighted by atomic mass is 9.85. The highest BCUT2D eigenvalue weighted by atomic mass is 32.1. The van der Waals surface area contributed by atoms with Crippen molar-refractivity contribution in [1.82, 2.24) is 15.0 Å². The molecule has 0 atom stereocenters. The van der Waals surface area contributed by atoms with Crippen molar-refractivity contribution >= 4 is 50.7 Å². The largest absolute Gasteiger partial charge is 0.345 e. The van der Waals surface area contributed by atoms with Gasteiger partial charge in [-0.05, 0) is 95.5 Å². The molecule has 48 heavy (non-hydrogen) atoms. The molecule has 0 aliphatic rings. The van der Waals surface area contributed by atoms with Gasteiger partial charge in [-0.3, -0.25) is 4.98 Å². The average molecular weight is 669 g/mol. The highest BCUT2D eigenvalue weighted by molar-refractivity contribution is 7.34. The Bertz CT molecular complexity index is 2120. The van der Waals surface area contributed by atoms with Gasteiger partial charge in [-0.2, -0.15) is 0 Å². The van der Waals surface area contributed by atoms with Gasteiger partial charge < -0.3 is 4.90 Å². The van der Waals surface area contributed by atoms with E-state index < -0.39 is 8.07 Å². The Labute approximate surface area is 292 Å². The zero-order chi connectivity index (χ0) is 34.6. The monoisotopic (exact) mass is 668 g/mol. The topological polar surface area (TPSA) is 41.9 Å². The quantitative estimate of drug-likeness (QED) is 0.166. The van der Waals surface area contributed by atoms with Gasteiger partial charge in [-0.25, -0.2) is 9.97 Å². The van der Waals surface area contributed by atoms with Crippen molar-refractivity contribution in [3.05, 3.63) is 114 Å². The molecule has 0 radical (unpaired) electrons. The number of pyridine rings is 1. The lowest BCUT2D eigenvalue weighted by Crippen LogP contribution is -2.52. The molecule has 0 N–H and O–H groups in total. The van der Waals surface area contributed by atoms with E-state index in [1.54, 1.807) is 6.33 Å². The Morgan fingerprint density at radius 2 is 1.35 bits per heavy atom. The van der Waals surface area contributed by atoms with E-state index in [9.17, 15) is 0 Å². The minimum atomic E-state index is -1.94. The van der Waals surface area contributed by atoms with Crippen LogP contribution < -0.4 is 14.6 Å². The maximum Gasteiger partial charge on any atom is 0.125 e. The summed E-state index contributed by atoms with van der Waals surface area (Å²) in [6, 6.07) is 29.1. The number of hydrogen-bond acceptors (Lipinski definition) is 5. The van der Waals surface area contributed by atoms with Crippen LogP contribution in [-0.4, -0.2) is 30.1 Å². The second kappa shape index (κ2) is 12.4. The van der Waals surface area contributed by atoms with Crippen molar-refractivity contribution in [3.8, 4) is 22.5 Å². The molecular formula is C42H48N4SSi. The van der Waals surface area contributed by atoms with Gasteiger partial charge in [0.25, 0.3) is 0 Å². The van der Waals surface area contributed by atoms with Crippen molar-refractivity contribution < 1.29 is 0 Å². The number of fused-ring (bicyclic) bond motifs is 1. The SMILES string of the molecule is Cc1cc(-c2cc(C(C)(C)C)ccn2)cc(N(C)c2cc(-c3ncnc4c(C)c([Si](C)(C)c5ccccc5)sc34)cc(C(C)(C)C)c2)c1. The molecule has 246 valence electrons. The van der Waals surface area contributed by atoms with Gasteiger partial charge >= 0.3 is 0 Å². The van der Waals surface area contributed by atoms with Crippen molar-refractivity contribution in [2.75, 3.05) is 11.9 Å². The third kappa shape index (κ3) is 6.48.